The number of hydrogen-bond acceptors (Lipinski definition) is 2. The highest BCUT2D eigenvalue weighted by Crippen LogP contribution is 2.18. The van der Waals surface area contributed by atoms with Gasteiger partial charge in [0.25, 0.3) is 0 Å². The van der Waals surface area contributed by atoms with Crippen LogP contribution in [0.1, 0.15) is 44.7 Å². The van der Waals surface area contributed by atoms with Crippen molar-refractivity contribution in [3.05, 3.63) is 35.6 Å². The monoisotopic (exact) mass is 264 g/mol. The third-order valence-electron chi connectivity index (χ3n) is 4.12. The normalized spacial score (nSPS) is 23.0. The Balaban J connectivity index is 1.88. The van der Waals surface area contributed by atoms with Crippen molar-refractivity contribution >= 4 is 0 Å². The zero-order chi connectivity index (χ0) is 13.7. The van der Waals surface area contributed by atoms with Gasteiger partial charge >= 0.3 is 0 Å². The highest BCUT2D eigenvalue weighted by molar-refractivity contribution is 5.19. The number of halogens is 1. The molecule has 1 aromatic carbocycles. The summed E-state index contributed by atoms with van der Waals surface area (Å²) in [5, 5.41) is 3.69. The van der Waals surface area contributed by atoms with Gasteiger partial charge in [-0.3, -0.25) is 0 Å². The molecule has 2 rings (SSSR count). The molecular formula is C16H25FN2. The molecule has 3 heteroatoms. The Kier molecular flexibility index (Phi) is 5.34. The molecule has 0 aromatic heterocycles. The minimum atomic E-state index is -0.163. The summed E-state index contributed by atoms with van der Waals surface area (Å²) < 4.78 is 12.9. The average molecular weight is 264 g/mol. The van der Waals surface area contributed by atoms with Crippen LogP contribution in [0.15, 0.2) is 24.3 Å². The molecule has 19 heavy (non-hydrogen) atoms. The van der Waals surface area contributed by atoms with Gasteiger partial charge in [0.15, 0.2) is 0 Å². The molecule has 0 aliphatic carbocycles. The fraction of sp³-hybridized carbons (Fsp3) is 0.625. The molecule has 0 saturated carbocycles. The molecule has 0 radical (unpaired) electrons. The number of hydrogen-bond donors (Lipinski definition) is 1. The van der Waals surface area contributed by atoms with Crippen LogP contribution >= 0.6 is 0 Å². The van der Waals surface area contributed by atoms with Crippen LogP contribution in [0.25, 0.3) is 0 Å². The van der Waals surface area contributed by atoms with Crippen LogP contribution in [-0.4, -0.2) is 30.6 Å². The minimum Gasteiger partial charge on any atom is -0.307 e. The number of nitrogens with one attached hydrogen (secondary N) is 1. The van der Waals surface area contributed by atoms with Gasteiger partial charge in [-0.1, -0.05) is 19.1 Å². The first-order valence-electron chi connectivity index (χ1n) is 7.43. The molecule has 1 heterocycles. The van der Waals surface area contributed by atoms with Crippen molar-refractivity contribution in [1.82, 2.24) is 10.2 Å². The van der Waals surface area contributed by atoms with Crippen LogP contribution in [0.4, 0.5) is 4.39 Å². The molecule has 0 amide bonds. The number of rotatable bonds is 4. The fourth-order valence-corrected chi connectivity index (χ4v) is 2.84. The van der Waals surface area contributed by atoms with Gasteiger partial charge < -0.3 is 10.2 Å². The Hall–Kier alpha value is -0.930. The highest BCUT2D eigenvalue weighted by Gasteiger charge is 2.18. The van der Waals surface area contributed by atoms with E-state index in [1.54, 1.807) is 12.1 Å². The SMILES string of the molecule is CCN1CCCC(N[C@H](C)c2ccc(F)cc2)CC1. The van der Waals surface area contributed by atoms with E-state index >= 15 is 0 Å². The van der Waals surface area contributed by atoms with Crippen molar-refractivity contribution in [1.29, 1.82) is 0 Å². The van der Waals surface area contributed by atoms with Crippen molar-refractivity contribution < 1.29 is 4.39 Å². The van der Waals surface area contributed by atoms with Crippen LogP contribution in [0, 0.1) is 5.82 Å². The molecule has 1 fully saturated rings. The van der Waals surface area contributed by atoms with E-state index in [0.717, 1.165) is 12.1 Å². The smallest absolute Gasteiger partial charge is 0.123 e. The Morgan fingerprint density at radius 1 is 1.26 bits per heavy atom. The lowest BCUT2D eigenvalue weighted by Crippen LogP contribution is -2.33. The zero-order valence-electron chi connectivity index (χ0n) is 12.0. The Labute approximate surface area is 116 Å². The quantitative estimate of drug-likeness (QED) is 0.897. The summed E-state index contributed by atoms with van der Waals surface area (Å²) in [5.74, 6) is -0.163. The number of nitrogens with zero attached hydrogens (tertiary/aromatic N) is 1. The van der Waals surface area contributed by atoms with Crippen molar-refractivity contribution in [2.24, 2.45) is 0 Å². The molecule has 1 unspecified atom stereocenters. The van der Waals surface area contributed by atoms with Gasteiger partial charge in [-0.05, 0) is 63.5 Å². The topological polar surface area (TPSA) is 15.3 Å². The Morgan fingerprint density at radius 3 is 2.68 bits per heavy atom. The van der Waals surface area contributed by atoms with Gasteiger partial charge in [0.1, 0.15) is 5.82 Å². The summed E-state index contributed by atoms with van der Waals surface area (Å²) in [6.45, 7) is 7.95. The van der Waals surface area contributed by atoms with Gasteiger partial charge in [0.2, 0.25) is 0 Å². The molecule has 0 bridgehead atoms. The molecule has 1 N–H and O–H groups in total. The first-order chi connectivity index (χ1) is 9.19. The van der Waals surface area contributed by atoms with Crippen LogP contribution in [0.2, 0.25) is 0 Å². The molecule has 1 saturated heterocycles. The van der Waals surface area contributed by atoms with Crippen molar-refractivity contribution in [3.8, 4) is 0 Å². The predicted octanol–water partition coefficient (Wildman–Crippen LogP) is 3.35. The summed E-state index contributed by atoms with van der Waals surface area (Å²) in [7, 11) is 0. The average Bonchev–Trinajstić information content (AvgIpc) is 2.64. The lowest BCUT2D eigenvalue weighted by atomic mass is 10.0. The molecule has 2 atom stereocenters. The van der Waals surface area contributed by atoms with Crippen LogP contribution < -0.4 is 5.32 Å². The first-order valence-corrected chi connectivity index (χ1v) is 7.43. The maximum Gasteiger partial charge on any atom is 0.123 e. The van der Waals surface area contributed by atoms with E-state index in [1.165, 1.54) is 32.4 Å². The lowest BCUT2D eigenvalue weighted by molar-refractivity contribution is 0.295. The molecule has 2 nitrogen and oxygen atoms in total. The largest absolute Gasteiger partial charge is 0.307 e. The second kappa shape index (κ2) is 7.01. The lowest BCUT2D eigenvalue weighted by Gasteiger charge is -2.23. The third-order valence-corrected chi connectivity index (χ3v) is 4.12. The van der Waals surface area contributed by atoms with Gasteiger partial charge in [-0.15, -0.1) is 0 Å². The predicted molar refractivity (Wildman–Crippen MR) is 77.7 cm³/mol. The van der Waals surface area contributed by atoms with E-state index in [1.807, 2.05) is 12.1 Å². The third kappa shape index (κ3) is 4.29. The molecule has 1 aromatic rings. The van der Waals surface area contributed by atoms with Crippen LogP contribution in [0.3, 0.4) is 0 Å². The van der Waals surface area contributed by atoms with Crippen molar-refractivity contribution in [2.75, 3.05) is 19.6 Å². The number of likely N-dealkylation sites (tertiary alicyclic amines) is 1. The highest BCUT2D eigenvalue weighted by atomic mass is 19.1. The van der Waals surface area contributed by atoms with E-state index < -0.39 is 0 Å². The maximum atomic E-state index is 12.9. The summed E-state index contributed by atoms with van der Waals surface area (Å²) >= 11 is 0. The summed E-state index contributed by atoms with van der Waals surface area (Å²) in [4.78, 5) is 2.52. The minimum absolute atomic E-state index is 0.163. The van der Waals surface area contributed by atoms with E-state index in [4.69, 9.17) is 0 Å². The second-order valence-electron chi connectivity index (χ2n) is 5.50. The van der Waals surface area contributed by atoms with Gasteiger partial charge in [-0.2, -0.15) is 0 Å². The van der Waals surface area contributed by atoms with E-state index in [0.29, 0.717) is 12.1 Å². The number of benzene rings is 1. The van der Waals surface area contributed by atoms with Crippen LogP contribution in [-0.2, 0) is 0 Å². The van der Waals surface area contributed by atoms with Crippen molar-refractivity contribution in [2.45, 2.75) is 45.2 Å². The molecule has 1 aliphatic rings. The van der Waals surface area contributed by atoms with E-state index in [2.05, 4.69) is 24.1 Å². The van der Waals surface area contributed by atoms with E-state index in [9.17, 15) is 4.39 Å². The second-order valence-corrected chi connectivity index (χ2v) is 5.50. The van der Waals surface area contributed by atoms with Gasteiger partial charge in [0, 0.05) is 12.1 Å². The van der Waals surface area contributed by atoms with Crippen LogP contribution in [0.5, 0.6) is 0 Å². The summed E-state index contributed by atoms with van der Waals surface area (Å²) in [6.07, 6.45) is 3.71. The molecule has 1 aliphatic heterocycles. The van der Waals surface area contributed by atoms with Gasteiger partial charge in [-0.25, -0.2) is 4.39 Å². The van der Waals surface area contributed by atoms with E-state index in [-0.39, 0.29) is 5.82 Å². The molecular weight excluding hydrogens is 239 g/mol. The van der Waals surface area contributed by atoms with Crippen molar-refractivity contribution in [3.63, 3.8) is 0 Å². The zero-order valence-corrected chi connectivity index (χ0v) is 12.0. The maximum absolute atomic E-state index is 12.9. The summed E-state index contributed by atoms with van der Waals surface area (Å²) in [6, 6.07) is 7.71. The Bertz CT molecular complexity index is 377. The fourth-order valence-electron chi connectivity index (χ4n) is 2.84. The molecule has 106 valence electrons. The Morgan fingerprint density at radius 2 is 2.00 bits per heavy atom. The first kappa shape index (κ1) is 14.5. The standard InChI is InChI=1S/C16H25FN2/c1-3-19-11-4-5-16(10-12-19)18-13(2)14-6-8-15(17)9-7-14/h6-9,13,16,18H,3-5,10-12H2,1-2H3/t13-,16?/m1/s1. The summed E-state index contributed by atoms with van der Waals surface area (Å²) in [5.41, 5.74) is 1.16. The molecule has 0 spiro atoms. The van der Waals surface area contributed by atoms with Gasteiger partial charge in [0.05, 0.1) is 0 Å².